The maximum Gasteiger partial charge on any atom is 0.354 e. The number of anilines is 1. The van der Waals surface area contributed by atoms with Crippen LogP contribution in [-0.2, 0) is 34.7 Å². The van der Waals surface area contributed by atoms with Crippen LogP contribution in [0.5, 0.6) is 0 Å². The van der Waals surface area contributed by atoms with Crippen LogP contribution in [0.2, 0.25) is 0 Å². The molecule has 0 bridgehead atoms. The number of ether oxygens (including phenoxy) is 2. The van der Waals surface area contributed by atoms with E-state index in [4.69, 9.17) is 5.11 Å². The predicted octanol–water partition coefficient (Wildman–Crippen LogP) is 0.235. The Morgan fingerprint density at radius 1 is 1.17 bits per heavy atom. The van der Waals surface area contributed by atoms with E-state index >= 15 is 0 Å². The molecule has 0 radical (unpaired) electrons. The van der Waals surface area contributed by atoms with Gasteiger partial charge < -0.3 is 19.9 Å². The van der Waals surface area contributed by atoms with Gasteiger partial charge in [0.05, 0.1) is 38.4 Å². The molecule has 8 nitrogen and oxygen atoms in total. The SMILES string of the molecule is COC(=O)/C=C(/Nc1ccc(CS(=O)(=O)CCO)cc1)C(=O)OC. The van der Waals surface area contributed by atoms with Gasteiger partial charge in [0, 0.05) is 5.69 Å². The lowest BCUT2D eigenvalue weighted by Crippen LogP contribution is -2.15. The Bertz CT molecular complexity index is 708. The van der Waals surface area contributed by atoms with Gasteiger partial charge in [-0.1, -0.05) is 12.1 Å². The van der Waals surface area contributed by atoms with Crippen LogP contribution in [-0.4, -0.2) is 52.0 Å². The largest absolute Gasteiger partial charge is 0.466 e. The van der Waals surface area contributed by atoms with Gasteiger partial charge in [0.25, 0.3) is 0 Å². The van der Waals surface area contributed by atoms with E-state index in [0.717, 1.165) is 6.08 Å². The smallest absolute Gasteiger partial charge is 0.354 e. The second kappa shape index (κ2) is 9.04. The average molecular weight is 357 g/mol. The molecule has 0 spiro atoms. The average Bonchev–Trinajstić information content (AvgIpc) is 2.54. The van der Waals surface area contributed by atoms with E-state index in [1.807, 2.05) is 0 Å². The van der Waals surface area contributed by atoms with Crippen molar-refractivity contribution in [2.24, 2.45) is 0 Å². The minimum atomic E-state index is -3.37. The molecule has 0 aliphatic carbocycles. The molecule has 0 aromatic heterocycles. The summed E-state index contributed by atoms with van der Waals surface area (Å²) in [4.78, 5) is 22.9. The topological polar surface area (TPSA) is 119 Å². The quantitative estimate of drug-likeness (QED) is 0.501. The van der Waals surface area contributed by atoms with Gasteiger partial charge in [-0.05, 0) is 17.7 Å². The van der Waals surface area contributed by atoms with Gasteiger partial charge in [0.1, 0.15) is 5.70 Å². The van der Waals surface area contributed by atoms with Crippen molar-refractivity contribution in [2.45, 2.75) is 5.75 Å². The third kappa shape index (κ3) is 6.39. The second-order valence-corrected chi connectivity index (χ2v) is 6.89. The molecule has 0 saturated carbocycles. The lowest BCUT2D eigenvalue weighted by molar-refractivity contribution is -0.138. The molecule has 132 valence electrons. The molecule has 1 aromatic carbocycles. The fraction of sp³-hybridized carbons (Fsp3) is 0.333. The monoisotopic (exact) mass is 357 g/mol. The van der Waals surface area contributed by atoms with E-state index in [1.165, 1.54) is 14.2 Å². The van der Waals surface area contributed by atoms with Crippen LogP contribution >= 0.6 is 0 Å². The van der Waals surface area contributed by atoms with E-state index in [0.29, 0.717) is 11.3 Å². The normalized spacial score (nSPS) is 11.7. The number of carbonyl (C=O) groups excluding carboxylic acids is 2. The molecule has 24 heavy (non-hydrogen) atoms. The summed E-state index contributed by atoms with van der Waals surface area (Å²) < 4.78 is 32.3. The Balaban J connectivity index is 2.89. The molecule has 9 heteroatoms. The Hall–Kier alpha value is -2.39. The number of nitrogens with one attached hydrogen (secondary N) is 1. The first-order valence-corrected chi connectivity index (χ1v) is 8.68. The molecule has 0 atom stereocenters. The summed E-state index contributed by atoms with van der Waals surface area (Å²) in [6.07, 6.45) is 0.950. The Kier molecular flexibility index (Phi) is 7.40. The number of hydrogen-bond acceptors (Lipinski definition) is 8. The number of benzene rings is 1. The van der Waals surface area contributed by atoms with E-state index in [1.54, 1.807) is 24.3 Å². The van der Waals surface area contributed by atoms with Gasteiger partial charge in [-0.25, -0.2) is 18.0 Å². The molecule has 0 unspecified atom stereocenters. The zero-order valence-corrected chi connectivity index (χ0v) is 14.1. The van der Waals surface area contributed by atoms with Crippen LogP contribution in [0.25, 0.3) is 0 Å². The summed E-state index contributed by atoms with van der Waals surface area (Å²) in [6.45, 7) is -0.428. The van der Waals surface area contributed by atoms with E-state index in [9.17, 15) is 18.0 Å². The van der Waals surface area contributed by atoms with Gasteiger partial charge >= 0.3 is 11.9 Å². The first kappa shape index (κ1) is 19.7. The number of hydrogen-bond donors (Lipinski definition) is 2. The molecule has 1 aromatic rings. The first-order chi connectivity index (χ1) is 11.3. The maximum atomic E-state index is 11.6. The zero-order chi connectivity index (χ0) is 18.2. The van der Waals surface area contributed by atoms with E-state index in [2.05, 4.69) is 14.8 Å². The highest BCUT2D eigenvalue weighted by molar-refractivity contribution is 7.90. The summed E-state index contributed by atoms with van der Waals surface area (Å²) in [5.41, 5.74) is 0.870. The van der Waals surface area contributed by atoms with Crippen LogP contribution in [0.4, 0.5) is 5.69 Å². The standard InChI is InChI=1S/C15H19NO7S/c1-22-14(18)9-13(15(19)23-2)16-12-5-3-11(4-6-12)10-24(20,21)8-7-17/h3-6,9,16-17H,7-8,10H2,1-2H3/b13-9+. The van der Waals surface area contributed by atoms with Crippen molar-refractivity contribution in [2.75, 3.05) is 31.9 Å². The predicted molar refractivity (Wildman–Crippen MR) is 86.8 cm³/mol. The van der Waals surface area contributed by atoms with Crippen molar-refractivity contribution in [1.29, 1.82) is 0 Å². The number of rotatable bonds is 8. The summed E-state index contributed by atoms with van der Waals surface area (Å²) >= 11 is 0. The van der Waals surface area contributed by atoms with E-state index in [-0.39, 0.29) is 17.2 Å². The van der Waals surface area contributed by atoms with Gasteiger partial charge in [-0.3, -0.25) is 0 Å². The number of aliphatic hydroxyl groups is 1. The zero-order valence-electron chi connectivity index (χ0n) is 13.3. The van der Waals surface area contributed by atoms with Crippen molar-refractivity contribution in [3.8, 4) is 0 Å². The van der Waals surface area contributed by atoms with Crippen LogP contribution in [0.1, 0.15) is 5.56 Å². The lowest BCUT2D eigenvalue weighted by atomic mass is 10.2. The molecule has 0 fully saturated rings. The molecule has 0 heterocycles. The van der Waals surface area contributed by atoms with Gasteiger partial charge in [0.15, 0.2) is 9.84 Å². The maximum absolute atomic E-state index is 11.6. The second-order valence-electron chi connectivity index (χ2n) is 4.71. The molecular formula is C15H19NO7S. The number of methoxy groups -OCH3 is 2. The van der Waals surface area contributed by atoms with Gasteiger partial charge in [-0.15, -0.1) is 0 Å². The molecule has 0 saturated heterocycles. The fourth-order valence-corrected chi connectivity index (χ4v) is 2.86. The van der Waals surface area contributed by atoms with Gasteiger partial charge in [-0.2, -0.15) is 0 Å². The highest BCUT2D eigenvalue weighted by atomic mass is 32.2. The molecule has 0 aliphatic heterocycles. The number of aliphatic hydroxyl groups excluding tert-OH is 1. The summed E-state index contributed by atoms with van der Waals surface area (Å²) in [5, 5.41) is 11.4. The van der Waals surface area contributed by atoms with Crippen molar-refractivity contribution < 1.29 is 32.6 Å². The highest BCUT2D eigenvalue weighted by Gasteiger charge is 2.14. The van der Waals surface area contributed by atoms with Crippen LogP contribution in [0, 0.1) is 0 Å². The fourth-order valence-electron chi connectivity index (χ4n) is 1.74. The van der Waals surface area contributed by atoms with Crippen LogP contribution in [0.3, 0.4) is 0 Å². The summed E-state index contributed by atoms with van der Waals surface area (Å²) in [6, 6.07) is 6.23. The van der Waals surface area contributed by atoms with Crippen molar-refractivity contribution in [1.82, 2.24) is 0 Å². The minimum absolute atomic E-state index is 0.120. The number of esters is 2. The number of carbonyl (C=O) groups is 2. The summed E-state index contributed by atoms with van der Waals surface area (Å²) in [7, 11) is -1.03. The number of sulfone groups is 1. The van der Waals surface area contributed by atoms with Crippen molar-refractivity contribution in [3.63, 3.8) is 0 Å². The molecule has 0 amide bonds. The minimum Gasteiger partial charge on any atom is -0.466 e. The summed E-state index contributed by atoms with van der Waals surface area (Å²) in [5.74, 6) is -1.98. The molecular weight excluding hydrogens is 338 g/mol. The third-order valence-corrected chi connectivity index (χ3v) is 4.47. The molecule has 2 N–H and O–H groups in total. The Morgan fingerprint density at radius 3 is 2.29 bits per heavy atom. The lowest BCUT2D eigenvalue weighted by Gasteiger charge is -2.10. The van der Waals surface area contributed by atoms with E-state index < -0.39 is 28.4 Å². The highest BCUT2D eigenvalue weighted by Crippen LogP contribution is 2.15. The Morgan fingerprint density at radius 2 is 1.79 bits per heavy atom. The first-order valence-electron chi connectivity index (χ1n) is 6.86. The van der Waals surface area contributed by atoms with Crippen LogP contribution in [0.15, 0.2) is 36.0 Å². The van der Waals surface area contributed by atoms with Crippen molar-refractivity contribution >= 4 is 27.5 Å². The Labute approximate surface area is 140 Å². The third-order valence-electron chi connectivity index (χ3n) is 2.89. The van der Waals surface area contributed by atoms with Crippen LogP contribution < -0.4 is 5.32 Å². The molecule has 1 rings (SSSR count). The van der Waals surface area contributed by atoms with Gasteiger partial charge in [0.2, 0.25) is 0 Å². The van der Waals surface area contributed by atoms with Crippen molar-refractivity contribution in [3.05, 3.63) is 41.6 Å². The molecule has 0 aliphatic rings.